The molecule has 1 amide bonds. The number of hydrogen-bond acceptors (Lipinski definition) is 4. The topological polar surface area (TPSA) is 72.3 Å². The van der Waals surface area contributed by atoms with Crippen LogP contribution in [-0.4, -0.2) is 23.7 Å². The molecule has 0 fully saturated rings. The van der Waals surface area contributed by atoms with E-state index in [1.54, 1.807) is 16.7 Å². The first kappa shape index (κ1) is 12.3. The maximum atomic E-state index is 12.1. The lowest BCUT2D eigenvalue weighted by atomic mass is 10.0. The number of hydrogen-bond donors (Lipinski definition) is 2. The zero-order chi connectivity index (χ0) is 12.6. The number of anilines is 2. The molecule has 0 bridgehead atoms. The van der Waals surface area contributed by atoms with E-state index in [0.717, 1.165) is 10.6 Å². The highest BCUT2D eigenvalue weighted by molar-refractivity contribution is 8.00. The van der Waals surface area contributed by atoms with Gasteiger partial charge in [0, 0.05) is 17.1 Å². The fraction of sp³-hybridized carbons (Fsp3) is 0.417. The fourth-order valence-corrected chi connectivity index (χ4v) is 2.79. The first-order valence-corrected chi connectivity index (χ1v) is 6.50. The van der Waals surface area contributed by atoms with Crippen LogP contribution in [0.5, 0.6) is 0 Å². The fourth-order valence-electron chi connectivity index (χ4n) is 1.92. The van der Waals surface area contributed by atoms with Crippen LogP contribution >= 0.6 is 11.8 Å². The molecule has 4 nitrogen and oxygen atoms in total. The number of nitrogens with zero attached hydrogens (tertiary/aromatic N) is 1. The van der Waals surface area contributed by atoms with Gasteiger partial charge >= 0.3 is 0 Å². The van der Waals surface area contributed by atoms with Crippen LogP contribution in [0.25, 0.3) is 0 Å². The minimum atomic E-state index is -0.388. The van der Waals surface area contributed by atoms with Gasteiger partial charge in [0.05, 0.1) is 17.0 Å². The minimum absolute atomic E-state index is 0.0866. The largest absolute Gasteiger partial charge is 0.399 e. The van der Waals surface area contributed by atoms with Crippen LogP contribution in [0, 0.1) is 0 Å². The number of carbonyl (C=O) groups is 1. The molecule has 0 saturated heterocycles. The summed E-state index contributed by atoms with van der Waals surface area (Å²) in [5.74, 6) is 0.545. The van der Waals surface area contributed by atoms with E-state index in [0.29, 0.717) is 18.0 Å². The third-order valence-electron chi connectivity index (χ3n) is 2.93. The molecule has 0 saturated carbocycles. The standard InChI is InChI=1S/C12H17N3OS/c1-12(2,7-13)15-9-5-8(14)3-4-10(9)17-6-11(15)16/h3-5H,6-7,13-14H2,1-2H3. The second-order valence-electron chi connectivity index (χ2n) is 4.76. The third-order valence-corrected chi connectivity index (χ3v) is 3.98. The Bertz CT molecular complexity index is 459. The Morgan fingerprint density at radius 1 is 1.47 bits per heavy atom. The zero-order valence-electron chi connectivity index (χ0n) is 10.1. The molecule has 92 valence electrons. The summed E-state index contributed by atoms with van der Waals surface area (Å²) >= 11 is 1.55. The number of thioether (sulfide) groups is 1. The van der Waals surface area contributed by atoms with Gasteiger partial charge in [-0.3, -0.25) is 4.79 Å². The van der Waals surface area contributed by atoms with Crippen molar-refractivity contribution in [2.24, 2.45) is 5.73 Å². The van der Waals surface area contributed by atoms with Crippen molar-refractivity contribution < 1.29 is 4.79 Å². The van der Waals surface area contributed by atoms with Crippen molar-refractivity contribution >= 4 is 29.0 Å². The van der Waals surface area contributed by atoms with Crippen LogP contribution in [0.2, 0.25) is 0 Å². The predicted octanol–water partition coefficient (Wildman–Crippen LogP) is 1.44. The van der Waals surface area contributed by atoms with Crippen molar-refractivity contribution in [2.45, 2.75) is 24.3 Å². The summed E-state index contributed by atoms with van der Waals surface area (Å²) in [5, 5.41) is 0. The van der Waals surface area contributed by atoms with Crippen molar-refractivity contribution in [1.82, 2.24) is 0 Å². The van der Waals surface area contributed by atoms with Crippen molar-refractivity contribution in [2.75, 3.05) is 22.9 Å². The van der Waals surface area contributed by atoms with E-state index in [1.165, 1.54) is 0 Å². The predicted molar refractivity (Wildman–Crippen MR) is 72.2 cm³/mol. The van der Waals surface area contributed by atoms with E-state index in [1.807, 2.05) is 32.0 Å². The molecule has 0 aliphatic carbocycles. The number of fused-ring (bicyclic) bond motifs is 1. The molecule has 1 aromatic rings. The van der Waals surface area contributed by atoms with Gasteiger partial charge in [-0.15, -0.1) is 11.8 Å². The lowest BCUT2D eigenvalue weighted by molar-refractivity contribution is -0.117. The first-order chi connectivity index (χ1) is 7.95. The molecule has 0 spiro atoms. The molecular formula is C12H17N3OS. The summed E-state index contributed by atoms with van der Waals surface area (Å²) < 4.78 is 0. The number of nitrogen functional groups attached to an aromatic ring is 1. The van der Waals surface area contributed by atoms with E-state index >= 15 is 0 Å². The Hall–Kier alpha value is -1.20. The highest BCUT2D eigenvalue weighted by Crippen LogP contribution is 2.39. The summed E-state index contributed by atoms with van der Waals surface area (Å²) in [7, 11) is 0. The summed E-state index contributed by atoms with van der Waals surface area (Å²) in [6.07, 6.45) is 0. The van der Waals surface area contributed by atoms with Crippen LogP contribution in [-0.2, 0) is 4.79 Å². The van der Waals surface area contributed by atoms with Gasteiger partial charge in [-0.2, -0.15) is 0 Å². The Balaban J connectivity index is 2.53. The average Bonchev–Trinajstić information content (AvgIpc) is 2.28. The lowest BCUT2D eigenvalue weighted by Gasteiger charge is -2.41. The maximum Gasteiger partial charge on any atom is 0.237 e. The monoisotopic (exact) mass is 251 g/mol. The molecule has 0 atom stereocenters. The Morgan fingerprint density at radius 3 is 2.82 bits per heavy atom. The van der Waals surface area contributed by atoms with Gasteiger partial charge < -0.3 is 16.4 Å². The van der Waals surface area contributed by atoms with Gasteiger partial charge in [0.25, 0.3) is 0 Å². The number of carbonyl (C=O) groups excluding carboxylic acids is 1. The van der Waals surface area contributed by atoms with Crippen LogP contribution in [0.3, 0.4) is 0 Å². The van der Waals surface area contributed by atoms with Gasteiger partial charge in [-0.05, 0) is 32.0 Å². The summed E-state index contributed by atoms with van der Waals surface area (Å²) in [6, 6.07) is 5.66. The molecule has 1 aliphatic heterocycles. The Kier molecular flexibility index (Phi) is 3.05. The van der Waals surface area contributed by atoms with E-state index in [2.05, 4.69) is 0 Å². The zero-order valence-corrected chi connectivity index (χ0v) is 10.9. The average molecular weight is 251 g/mol. The Labute approximate surface area is 105 Å². The van der Waals surface area contributed by atoms with Crippen LogP contribution < -0.4 is 16.4 Å². The van der Waals surface area contributed by atoms with Gasteiger partial charge in [0.15, 0.2) is 0 Å². The van der Waals surface area contributed by atoms with E-state index in [-0.39, 0.29) is 11.4 Å². The molecule has 5 heteroatoms. The second-order valence-corrected chi connectivity index (χ2v) is 5.78. The maximum absolute atomic E-state index is 12.1. The number of benzene rings is 1. The molecule has 1 aromatic carbocycles. The Morgan fingerprint density at radius 2 is 2.18 bits per heavy atom. The first-order valence-electron chi connectivity index (χ1n) is 5.51. The minimum Gasteiger partial charge on any atom is -0.399 e. The van der Waals surface area contributed by atoms with Crippen LogP contribution in [0.1, 0.15) is 13.8 Å². The van der Waals surface area contributed by atoms with Crippen LogP contribution in [0.4, 0.5) is 11.4 Å². The van der Waals surface area contributed by atoms with E-state index in [4.69, 9.17) is 11.5 Å². The summed E-state index contributed by atoms with van der Waals surface area (Å²) in [5.41, 5.74) is 12.7. The smallest absolute Gasteiger partial charge is 0.237 e. The number of nitrogens with two attached hydrogens (primary N) is 2. The lowest BCUT2D eigenvalue weighted by Crippen LogP contribution is -2.54. The van der Waals surface area contributed by atoms with Crippen molar-refractivity contribution in [3.63, 3.8) is 0 Å². The van der Waals surface area contributed by atoms with Crippen molar-refractivity contribution in [3.8, 4) is 0 Å². The molecule has 1 aliphatic rings. The van der Waals surface area contributed by atoms with Crippen molar-refractivity contribution in [3.05, 3.63) is 18.2 Å². The van der Waals surface area contributed by atoms with Gasteiger partial charge in [-0.1, -0.05) is 0 Å². The molecule has 1 heterocycles. The van der Waals surface area contributed by atoms with E-state index < -0.39 is 0 Å². The SMILES string of the molecule is CC(C)(CN)N1C(=O)CSc2ccc(N)cc21. The molecule has 4 N–H and O–H groups in total. The molecule has 0 radical (unpaired) electrons. The molecule has 0 unspecified atom stereocenters. The number of amides is 1. The molecule has 17 heavy (non-hydrogen) atoms. The normalized spacial score (nSPS) is 15.9. The summed E-state index contributed by atoms with van der Waals surface area (Å²) in [6.45, 7) is 4.35. The molecule has 2 rings (SSSR count). The molecular weight excluding hydrogens is 234 g/mol. The second kappa shape index (κ2) is 4.23. The third kappa shape index (κ3) is 2.12. The van der Waals surface area contributed by atoms with Gasteiger partial charge in [0.1, 0.15) is 0 Å². The molecule has 0 aromatic heterocycles. The number of rotatable bonds is 2. The van der Waals surface area contributed by atoms with Crippen molar-refractivity contribution in [1.29, 1.82) is 0 Å². The van der Waals surface area contributed by atoms with E-state index in [9.17, 15) is 4.79 Å². The highest BCUT2D eigenvalue weighted by atomic mass is 32.2. The van der Waals surface area contributed by atoms with Crippen LogP contribution in [0.15, 0.2) is 23.1 Å². The summed E-state index contributed by atoms with van der Waals surface area (Å²) in [4.78, 5) is 14.9. The quantitative estimate of drug-likeness (QED) is 0.780. The van der Waals surface area contributed by atoms with Gasteiger partial charge in [0.2, 0.25) is 5.91 Å². The van der Waals surface area contributed by atoms with Gasteiger partial charge in [-0.25, -0.2) is 0 Å². The highest BCUT2D eigenvalue weighted by Gasteiger charge is 2.35.